The number of hydrogen-bond acceptors (Lipinski definition) is 4. The number of amides is 1. The number of aromatic hydroxyl groups is 1. The highest BCUT2D eigenvalue weighted by Crippen LogP contribution is 2.16. The lowest BCUT2D eigenvalue weighted by Gasteiger charge is -2.21. The maximum Gasteiger partial charge on any atom is 0.227 e. The molecule has 102 valence electrons. The van der Waals surface area contributed by atoms with Crippen LogP contribution in [0.2, 0.25) is 0 Å². The van der Waals surface area contributed by atoms with E-state index in [1.807, 2.05) is 6.07 Å². The zero-order chi connectivity index (χ0) is 14.1. The van der Waals surface area contributed by atoms with Crippen molar-refractivity contribution in [3.63, 3.8) is 0 Å². The highest BCUT2D eigenvalue weighted by Gasteiger charge is 2.15. The van der Waals surface area contributed by atoms with Gasteiger partial charge in [-0.2, -0.15) is 5.26 Å². The van der Waals surface area contributed by atoms with Crippen molar-refractivity contribution in [3.8, 4) is 11.8 Å². The molecule has 1 amide bonds. The summed E-state index contributed by atoms with van der Waals surface area (Å²) in [6.07, 6.45) is 0.415. The highest BCUT2D eigenvalue weighted by atomic mass is 16.5. The van der Waals surface area contributed by atoms with Crippen molar-refractivity contribution in [1.82, 2.24) is 4.90 Å². The summed E-state index contributed by atoms with van der Waals surface area (Å²) in [5.74, 6) is -0.00313. The van der Waals surface area contributed by atoms with Gasteiger partial charge in [0, 0.05) is 25.8 Å². The molecule has 19 heavy (non-hydrogen) atoms. The SMILES string of the molecule is COCCN(CCC#N)C(=O)Cc1ccccc1O. The molecule has 1 rings (SSSR count). The van der Waals surface area contributed by atoms with Gasteiger partial charge >= 0.3 is 0 Å². The zero-order valence-corrected chi connectivity index (χ0v) is 11.0. The van der Waals surface area contributed by atoms with Gasteiger partial charge in [-0.25, -0.2) is 0 Å². The van der Waals surface area contributed by atoms with Gasteiger partial charge < -0.3 is 14.7 Å². The summed E-state index contributed by atoms with van der Waals surface area (Å²) in [6, 6.07) is 8.77. The molecule has 0 unspecified atom stereocenters. The summed E-state index contributed by atoms with van der Waals surface area (Å²) in [5, 5.41) is 18.2. The van der Waals surface area contributed by atoms with Crippen LogP contribution in [0, 0.1) is 11.3 Å². The molecule has 1 N–H and O–H groups in total. The first kappa shape index (κ1) is 15.0. The smallest absolute Gasteiger partial charge is 0.227 e. The van der Waals surface area contributed by atoms with Crippen molar-refractivity contribution in [3.05, 3.63) is 29.8 Å². The molecule has 0 radical (unpaired) electrons. The number of phenols is 1. The van der Waals surface area contributed by atoms with Crippen LogP contribution in [0.15, 0.2) is 24.3 Å². The van der Waals surface area contributed by atoms with Crippen LogP contribution in [0.25, 0.3) is 0 Å². The lowest BCUT2D eigenvalue weighted by molar-refractivity contribution is -0.131. The largest absolute Gasteiger partial charge is 0.508 e. The van der Waals surface area contributed by atoms with E-state index in [1.54, 1.807) is 36.3 Å². The molecular formula is C14H18N2O3. The van der Waals surface area contributed by atoms with Crippen molar-refractivity contribution in [1.29, 1.82) is 5.26 Å². The molecule has 5 nitrogen and oxygen atoms in total. The zero-order valence-electron chi connectivity index (χ0n) is 11.0. The second-order valence-electron chi connectivity index (χ2n) is 4.09. The fourth-order valence-electron chi connectivity index (χ4n) is 1.68. The average Bonchev–Trinajstić information content (AvgIpc) is 2.41. The van der Waals surface area contributed by atoms with E-state index in [0.29, 0.717) is 25.3 Å². The third kappa shape index (κ3) is 4.98. The monoisotopic (exact) mass is 262 g/mol. The Balaban J connectivity index is 2.65. The quantitative estimate of drug-likeness (QED) is 0.804. The Hall–Kier alpha value is -2.06. The number of para-hydroxylation sites is 1. The van der Waals surface area contributed by atoms with Crippen LogP contribution in [0.3, 0.4) is 0 Å². The van der Waals surface area contributed by atoms with E-state index in [1.165, 1.54) is 0 Å². The number of carbonyl (C=O) groups excluding carboxylic acids is 1. The van der Waals surface area contributed by atoms with Gasteiger partial charge in [-0.1, -0.05) is 18.2 Å². The number of ether oxygens (including phenoxy) is 1. The lowest BCUT2D eigenvalue weighted by Crippen LogP contribution is -2.35. The van der Waals surface area contributed by atoms with Crippen LogP contribution in [0.5, 0.6) is 5.75 Å². The molecule has 0 saturated carbocycles. The minimum atomic E-state index is -0.117. The second-order valence-corrected chi connectivity index (χ2v) is 4.09. The Labute approximate surface area is 113 Å². The lowest BCUT2D eigenvalue weighted by atomic mass is 10.1. The maximum absolute atomic E-state index is 12.1. The standard InChI is InChI=1S/C14H18N2O3/c1-19-10-9-16(8-4-7-15)14(18)11-12-5-2-3-6-13(12)17/h2-3,5-6,17H,4,8-11H2,1H3. The van der Waals surface area contributed by atoms with Crippen LogP contribution < -0.4 is 0 Å². The van der Waals surface area contributed by atoms with Crippen LogP contribution in [0.4, 0.5) is 0 Å². The van der Waals surface area contributed by atoms with E-state index in [-0.39, 0.29) is 24.5 Å². The molecule has 0 spiro atoms. The Bertz CT molecular complexity index is 454. The first-order valence-corrected chi connectivity index (χ1v) is 6.09. The molecule has 0 aliphatic carbocycles. The predicted molar refractivity (Wildman–Crippen MR) is 70.5 cm³/mol. The van der Waals surface area contributed by atoms with E-state index < -0.39 is 0 Å². The van der Waals surface area contributed by atoms with E-state index >= 15 is 0 Å². The Morgan fingerprint density at radius 2 is 2.16 bits per heavy atom. The molecule has 0 saturated heterocycles. The Morgan fingerprint density at radius 3 is 2.79 bits per heavy atom. The first-order valence-electron chi connectivity index (χ1n) is 6.09. The molecule has 5 heteroatoms. The van der Waals surface area contributed by atoms with Crippen LogP contribution >= 0.6 is 0 Å². The van der Waals surface area contributed by atoms with E-state index in [4.69, 9.17) is 10.00 Å². The molecule has 0 bridgehead atoms. The summed E-state index contributed by atoms with van der Waals surface area (Å²) in [6.45, 7) is 1.26. The van der Waals surface area contributed by atoms with Crippen molar-refractivity contribution < 1.29 is 14.6 Å². The van der Waals surface area contributed by atoms with Gasteiger partial charge in [-0.15, -0.1) is 0 Å². The molecule has 1 aromatic carbocycles. The summed E-state index contributed by atoms with van der Waals surface area (Å²) in [4.78, 5) is 13.7. The fourth-order valence-corrected chi connectivity index (χ4v) is 1.68. The van der Waals surface area contributed by atoms with Crippen molar-refractivity contribution in [2.24, 2.45) is 0 Å². The first-order chi connectivity index (χ1) is 9.19. The molecule has 0 fully saturated rings. The van der Waals surface area contributed by atoms with Gasteiger partial charge in [-0.3, -0.25) is 4.79 Å². The number of phenolic OH excluding ortho intramolecular Hbond substituents is 1. The van der Waals surface area contributed by atoms with Crippen LogP contribution in [0.1, 0.15) is 12.0 Å². The minimum absolute atomic E-state index is 0.114. The van der Waals surface area contributed by atoms with Crippen molar-refractivity contribution in [2.75, 3.05) is 26.8 Å². The third-order valence-electron chi connectivity index (χ3n) is 2.74. The summed E-state index contributed by atoms with van der Waals surface area (Å²) in [5.41, 5.74) is 0.590. The van der Waals surface area contributed by atoms with E-state index in [2.05, 4.69) is 0 Å². The van der Waals surface area contributed by atoms with Gasteiger partial charge in [0.1, 0.15) is 5.75 Å². The maximum atomic E-state index is 12.1. The fraction of sp³-hybridized carbons (Fsp3) is 0.429. The number of methoxy groups -OCH3 is 1. The van der Waals surface area contributed by atoms with E-state index in [0.717, 1.165) is 0 Å². The van der Waals surface area contributed by atoms with Gasteiger partial charge in [0.2, 0.25) is 5.91 Å². The number of benzene rings is 1. The Kier molecular flexibility index (Phi) is 6.41. The topological polar surface area (TPSA) is 73.6 Å². The molecule has 0 atom stereocenters. The van der Waals surface area contributed by atoms with E-state index in [9.17, 15) is 9.90 Å². The number of hydrogen-bond donors (Lipinski definition) is 1. The van der Waals surface area contributed by atoms with Gasteiger partial charge in [0.25, 0.3) is 0 Å². The molecule has 1 aromatic rings. The van der Waals surface area contributed by atoms with Gasteiger partial charge in [-0.05, 0) is 6.07 Å². The molecule has 0 heterocycles. The second kappa shape index (κ2) is 8.11. The number of carbonyl (C=O) groups is 1. The molecule has 0 aliphatic rings. The highest BCUT2D eigenvalue weighted by molar-refractivity contribution is 5.79. The molecule has 0 aromatic heterocycles. The normalized spacial score (nSPS) is 9.89. The van der Waals surface area contributed by atoms with Gasteiger partial charge in [0.05, 0.1) is 25.5 Å². The number of nitrogens with zero attached hydrogens (tertiary/aromatic N) is 2. The number of rotatable bonds is 7. The molecular weight excluding hydrogens is 244 g/mol. The summed E-state index contributed by atoms with van der Waals surface area (Å²) >= 11 is 0. The third-order valence-corrected chi connectivity index (χ3v) is 2.74. The minimum Gasteiger partial charge on any atom is -0.508 e. The van der Waals surface area contributed by atoms with Crippen LogP contribution in [-0.2, 0) is 16.0 Å². The van der Waals surface area contributed by atoms with Crippen molar-refractivity contribution >= 4 is 5.91 Å². The average molecular weight is 262 g/mol. The van der Waals surface area contributed by atoms with Crippen molar-refractivity contribution in [2.45, 2.75) is 12.8 Å². The summed E-state index contributed by atoms with van der Waals surface area (Å²) in [7, 11) is 1.57. The number of nitriles is 1. The van der Waals surface area contributed by atoms with Gasteiger partial charge in [0.15, 0.2) is 0 Å². The van der Waals surface area contributed by atoms with Crippen LogP contribution in [-0.4, -0.2) is 42.7 Å². The summed E-state index contributed by atoms with van der Waals surface area (Å²) < 4.78 is 4.95. The predicted octanol–water partition coefficient (Wildman–Crippen LogP) is 1.32. The Morgan fingerprint density at radius 1 is 1.42 bits per heavy atom. The molecule has 0 aliphatic heterocycles.